The van der Waals surface area contributed by atoms with Crippen molar-refractivity contribution in [3.05, 3.63) is 60.8 Å². The van der Waals surface area contributed by atoms with Crippen molar-refractivity contribution in [2.45, 2.75) is 235 Å². The lowest BCUT2D eigenvalue weighted by molar-refractivity contribution is -0.221. The summed E-state index contributed by atoms with van der Waals surface area (Å²) < 4.78 is 54.2. The Kier molecular flexibility index (Phi) is 21.9. The molecule has 0 amide bonds. The van der Waals surface area contributed by atoms with E-state index in [9.17, 15) is 47.9 Å². The summed E-state index contributed by atoms with van der Waals surface area (Å²) in [4.78, 5) is 118. The zero-order valence-electron chi connectivity index (χ0n) is 55.5. The van der Waals surface area contributed by atoms with Gasteiger partial charge in [0.1, 0.15) is 55.6 Å². The van der Waals surface area contributed by atoms with Crippen LogP contribution in [0.4, 0.5) is 0 Å². The first-order valence-electron chi connectivity index (χ1n) is 33.4. The fourth-order valence-electron chi connectivity index (χ4n) is 19.0. The highest BCUT2D eigenvalue weighted by molar-refractivity contribution is 5.98. The molecule has 20 heteroatoms. The van der Waals surface area contributed by atoms with Gasteiger partial charge < -0.3 is 47.4 Å². The molecule has 6 saturated heterocycles. The molecule has 0 radical (unpaired) electrons. The van der Waals surface area contributed by atoms with Crippen LogP contribution < -0.4 is 0 Å². The van der Waals surface area contributed by atoms with E-state index >= 15 is 0 Å². The van der Waals surface area contributed by atoms with Crippen LogP contribution in [-0.2, 0) is 95.3 Å². The summed E-state index contributed by atoms with van der Waals surface area (Å²) in [7, 11) is 0. The molecule has 0 N–H and O–H groups in total. The smallest absolute Gasteiger partial charge is 0.333 e. The fourth-order valence-corrected chi connectivity index (χ4v) is 19.0. The monoisotopic (exact) mass is 1310 g/mol. The van der Waals surface area contributed by atoms with E-state index in [4.69, 9.17) is 47.4 Å². The zero-order chi connectivity index (χ0) is 67.0. The lowest BCUT2D eigenvalue weighted by Gasteiger charge is -2.61. The van der Waals surface area contributed by atoms with Gasteiger partial charge in [0, 0.05) is 57.5 Å². The van der Waals surface area contributed by atoms with Gasteiger partial charge >= 0.3 is 47.8 Å². The Labute approximate surface area is 555 Å². The molecule has 10 saturated carbocycles. The molecule has 94 heavy (non-hydrogen) atoms. The number of rotatable bonds is 14. The van der Waals surface area contributed by atoms with Gasteiger partial charge in [-0.05, 0) is 171 Å². The SMILES string of the molecule is C.C.C=C(C)C(=O)OC1(C(C)C)C2CC3CC(C2)CC1C3.C=C(C)C(=O)OC1C2CC3C(=O)OC1C3C2.C=C(C)C(=O)OC1C2CC3C(=O)OC1C3O2.C=C(C)C(=O)OC1C2CC3CC(C2)C(=O)COC1C3.C=C(C)C(=O)OCCOC(=O)C12CCC(C)(C(=O)C1)C2(C)C. The molecule has 0 spiro atoms. The summed E-state index contributed by atoms with van der Waals surface area (Å²) in [6.45, 7) is 36.6. The predicted octanol–water partition coefficient (Wildman–Crippen LogP) is 10.8. The Morgan fingerprint density at radius 1 is 0.532 bits per heavy atom. The average Bonchev–Trinajstić information content (AvgIpc) is 1.47. The van der Waals surface area contributed by atoms with Crippen molar-refractivity contribution < 1.29 is 95.3 Å². The largest absolute Gasteiger partial charge is 0.462 e. The molecule has 520 valence electrons. The van der Waals surface area contributed by atoms with E-state index in [1.165, 1.54) is 32.1 Å². The maximum Gasteiger partial charge on any atom is 0.333 e. The molecule has 6 aliphatic heterocycles. The van der Waals surface area contributed by atoms with Crippen LogP contribution in [0.3, 0.4) is 0 Å². The van der Waals surface area contributed by atoms with Crippen molar-refractivity contribution in [3.8, 4) is 0 Å². The molecule has 10 aliphatic carbocycles. The molecule has 14 bridgehead atoms. The van der Waals surface area contributed by atoms with Crippen LogP contribution in [-0.4, -0.2) is 134 Å². The van der Waals surface area contributed by atoms with Crippen molar-refractivity contribution in [3.63, 3.8) is 0 Å². The maximum absolute atomic E-state index is 12.6. The van der Waals surface area contributed by atoms with Crippen LogP contribution in [0.25, 0.3) is 0 Å². The summed E-state index contributed by atoms with van der Waals surface area (Å²) in [5, 5.41) is 0. The van der Waals surface area contributed by atoms with Gasteiger partial charge in [0.05, 0.1) is 29.5 Å². The Balaban J connectivity index is 0.000000150. The first-order valence-corrected chi connectivity index (χ1v) is 33.4. The minimum Gasteiger partial charge on any atom is -0.462 e. The lowest BCUT2D eigenvalue weighted by Crippen LogP contribution is -2.62. The second-order valence-corrected chi connectivity index (χ2v) is 30.5. The third kappa shape index (κ3) is 13.3. The molecule has 0 aromatic rings. The number of carbonyl (C=O) groups is 10. The van der Waals surface area contributed by atoms with E-state index in [1.807, 2.05) is 20.8 Å². The topological polar surface area (TPSA) is 263 Å². The minimum atomic E-state index is -0.739. The highest BCUT2D eigenvalue weighted by atomic mass is 16.7. The van der Waals surface area contributed by atoms with E-state index in [-0.39, 0.29) is 160 Å². The standard InChI is InChI=1S/C17H24O5.C17H26O2.C15H20O4.C12H14O4.C11H12O5.2CH4/c1-11(2)13(19)21-8-9-22-14(20)17-7-6-16(5,12(18)10-17)15(17,3)4;1-10(2)16(18)19-17(11(3)4)14-6-12-5-13(8-14)9-15(17)7-12;1-8(2)15(17)19-14-11-4-9-3-10(6-11)12(16)7-18-13(14)5-9;1-5(2)11(13)15-9-6-3-7-8(4-6)12(14)16-10(7)9;1-4(2)10(12)15-8-6-3-5-7(14-6)9(8)16-11(5)13;;/h1,6-10H2,2-5H3;11-15H,1,5-9H2,2-4H3;9-11,13-14H,1,3-7H2,2H3;6-10H,1,3-4H2,2H3;5-9H,1,3H2,2H3;2*1H4. The van der Waals surface area contributed by atoms with Crippen molar-refractivity contribution in [1.82, 2.24) is 0 Å². The Bertz CT molecular complexity index is 2990. The third-order valence-electron chi connectivity index (χ3n) is 24.0. The third-order valence-corrected chi connectivity index (χ3v) is 24.0. The van der Waals surface area contributed by atoms with Gasteiger partial charge in [-0.1, -0.05) is 82.4 Å². The van der Waals surface area contributed by atoms with E-state index in [0.717, 1.165) is 56.8 Å². The van der Waals surface area contributed by atoms with Crippen molar-refractivity contribution >= 4 is 59.3 Å². The van der Waals surface area contributed by atoms with Gasteiger partial charge in [0.15, 0.2) is 18.0 Å². The number of carbonyl (C=O) groups excluding carboxylic acids is 10. The van der Waals surface area contributed by atoms with Crippen LogP contribution in [0, 0.1) is 87.3 Å². The number of ketones is 2. The fraction of sp³-hybridized carbons (Fsp3) is 0.730. The zero-order valence-corrected chi connectivity index (χ0v) is 55.5. The molecule has 17 unspecified atom stereocenters. The van der Waals surface area contributed by atoms with Gasteiger partial charge in [-0.3, -0.25) is 24.0 Å². The summed E-state index contributed by atoms with van der Waals surface area (Å²) in [6.07, 6.45) is 12.3. The normalized spacial score (nSPS) is 39.2. The summed E-state index contributed by atoms with van der Waals surface area (Å²) in [5.41, 5.74) is 0.184. The first-order chi connectivity index (χ1) is 43.2. The van der Waals surface area contributed by atoms with Gasteiger partial charge in [-0.2, -0.15) is 0 Å². The molecule has 0 aromatic carbocycles. The lowest BCUT2D eigenvalue weighted by atomic mass is 9.47. The highest BCUT2D eigenvalue weighted by Crippen LogP contribution is 2.71. The maximum atomic E-state index is 12.6. The van der Waals surface area contributed by atoms with Crippen LogP contribution in [0.2, 0.25) is 0 Å². The quantitative estimate of drug-likeness (QED) is 0.0677. The molecule has 16 fully saturated rings. The average molecular weight is 1310 g/mol. The Morgan fingerprint density at radius 2 is 1.05 bits per heavy atom. The molecule has 16 rings (SSSR count). The van der Waals surface area contributed by atoms with Crippen molar-refractivity contribution in [1.29, 1.82) is 0 Å². The number of fused-ring (bicyclic) bond motifs is 6. The number of esters is 8. The van der Waals surface area contributed by atoms with Gasteiger partial charge in [0.2, 0.25) is 0 Å². The molecular weight excluding hydrogens is 1210 g/mol. The molecular formula is C74H104O20. The van der Waals surface area contributed by atoms with Crippen LogP contribution >= 0.6 is 0 Å². The van der Waals surface area contributed by atoms with E-state index in [1.54, 1.807) is 34.6 Å². The first kappa shape index (κ1) is 73.5. The second-order valence-electron chi connectivity index (χ2n) is 30.5. The van der Waals surface area contributed by atoms with Gasteiger partial charge in [-0.15, -0.1) is 0 Å². The second kappa shape index (κ2) is 28.1. The minimum absolute atomic E-state index is 0. The summed E-state index contributed by atoms with van der Waals surface area (Å²) in [5.74, 6) is 2.64. The van der Waals surface area contributed by atoms with Crippen LogP contribution in [0.1, 0.15) is 180 Å². The number of hydrogen-bond acceptors (Lipinski definition) is 20. The molecule has 17 atom stereocenters. The molecule has 0 aromatic heterocycles. The van der Waals surface area contributed by atoms with Crippen molar-refractivity contribution in [2.24, 2.45) is 87.3 Å². The molecule has 6 heterocycles. The number of ether oxygens (including phenoxy) is 10. The Hall–Kier alpha value is -6.28. The van der Waals surface area contributed by atoms with E-state index in [0.29, 0.717) is 70.3 Å². The van der Waals surface area contributed by atoms with Crippen LogP contribution in [0.15, 0.2) is 60.8 Å². The number of Topliss-reactive ketones (excluding diaryl/α,β-unsaturated/α-hetero) is 2. The number of hydrogen-bond donors (Lipinski definition) is 0. The van der Waals surface area contributed by atoms with Gasteiger partial charge in [0.25, 0.3) is 0 Å². The van der Waals surface area contributed by atoms with E-state index < -0.39 is 40.4 Å². The molecule has 16 aliphatic rings. The highest BCUT2D eigenvalue weighted by Gasteiger charge is 2.73. The predicted molar refractivity (Wildman–Crippen MR) is 343 cm³/mol. The van der Waals surface area contributed by atoms with Crippen molar-refractivity contribution in [2.75, 3.05) is 19.8 Å². The van der Waals surface area contributed by atoms with Gasteiger partial charge in [-0.25, -0.2) is 24.0 Å². The summed E-state index contributed by atoms with van der Waals surface area (Å²) in [6, 6.07) is 0. The van der Waals surface area contributed by atoms with Crippen LogP contribution in [0.5, 0.6) is 0 Å². The molecule has 20 nitrogen and oxygen atoms in total. The van der Waals surface area contributed by atoms with E-state index in [2.05, 4.69) is 46.7 Å². The Morgan fingerprint density at radius 3 is 1.60 bits per heavy atom. The summed E-state index contributed by atoms with van der Waals surface area (Å²) >= 11 is 0.